The predicted molar refractivity (Wildman–Crippen MR) is 210 cm³/mol. The number of hydrogen-bond donors (Lipinski definition) is 5. The molecule has 7 rings (SSSR count). The van der Waals surface area contributed by atoms with Gasteiger partial charge >= 0.3 is 18.1 Å². The Bertz CT molecular complexity index is 2180. The van der Waals surface area contributed by atoms with Gasteiger partial charge in [-0.1, -0.05) is 80.6 Å². The van der Waals surface area contributed by atoms with Crippen LogP contribution in [0.1, 0.15) is 72.9 Å². The number of rotatable bonds is 9. The van der Waals surface area contributed by atoms with E-state index in [0.29, 0.717) is 5.56 Å². The number of methoxy groups -OCH3 is 1. The van der Waals surface area contributed by atoms with Crippen molar-refractivity contribution >= 4 is 29.8 Å². The van der Waals surface area contributed by atoms with Gasteiger partial charge < -0.3 is 49.4 Å². The summed E-state index contributed by atoms with van der Waals surface area (Å²) in [6, 6.07) is 22.9. The Hall–Kier alpha value is -5.45. The minimum absolute atomic E-state index is 0.0630. The summed E-state index contributed by atoms with van der Waals surface area (Å²) in [5.74, 6) is -5.29. The van der Waals surface area contributed by atoms with Crippen molar-refractivity contribution in [3.05, 3.63) is 119 Å². The number of nitrogens with one attached hydrogen (secondary N) is 1. The lowest BCUT2D eigenvalue weighted by Gasteiger charge is -2.67. The van der Waals surface area contributed by atoms with Crippen LogP contribution in [-0.4, -0.2) is 112 Å². The molecule has 0 radical (unpaired) electrons. The van der Waals surface area contributed by atoms with E-state index in [1.165, 1.54) is 39.8 Å². The Kier molecular flexibility index (Phi) is 11.3. The number of carbonyl (C=O) groups is 5. The summed E-state index contributed by atoms with van der Waals surface area (Å²) in [6.45, 7) is 5.58. The fourth-order valence-corrected chi connectivity index (χ4v) is 9.87. The number of ether oxygens (including phenoxy) is 5. The van der Waals surface area contributed by atoms with E-state index in [-0.39, 0.29) is 35.3 Å². The molecular formula is C45H49NO14. The third-order valence-corrected chi connectivity index (χ3v) is 13.3. The normalized spacial score (nSPS) is 32.6. The van der Waals surface area contributed by atoms with E-state index in [1.54, 1.807) is 78.9 Å². The van der Waals surface area contributed by atoms with E-state index < -0.39 is 107 Å². The van der Waals surface area contributed by atoms with E-state index in [9.17, 15) is 39.6 Å². The van der Waals surface area contributed by atoms with Crippen LogP contribution in [0.15, 0.2) is 102 Å². The van der Waals surface area contributed by atoms with Crippen molar-refractivity contribution in [3.8, 4) is 0 Å². The molecule has 3 aromatic rings. The van der Waals surface area contributed by atoms with Crippen molar-refractivity contribution in [2.75, 3.05) is 13.7 Å². The zero-order chi connectivity index (χ0) is 43.4. The van der Waals surface area contributed by atoms with Crippen LogP contribution in [0.5, 0.6) is 0 Å². The zero-order valence-electron chi connectivity index (χ0n) is 33.8. The van der Waals surface area contributed by atoms with Crippen LogP contribution < -0.4 is 5.32 Å². The molecule has 2 bridgehead atoms. The van der Waals surface area contributed by atoms with Gasteiger partial charge in [-0.15, -0.1) is 0 Å². The van der Waals surface area contributed by atoms with Gasteiger partial charge in [0.05, 0.1) is 42.8 Å². The third-order valence-electron chi connectivity index (χ3n) is 13.3. The van der Waals surface area contributed by atoms with Crippen LogP contribution in [0, 0.1) is 16.7 Å². The highest BCUT2D eigenvalue weighted by Crippen LogP contribution is 2.64. The van der Waals surface area contributed by atoms with Crippen molar-refractivity contribution in [3.63, 3.8) is 0 Å². The van der Waals surface area contributed by atoms with Gasteiger partial charge in [0.15, 0.2) is 17.5 Å². The number of aliphatic hydroxyl groups excluding tert-OH is 3. The van der Waals surface area contributed by atoms with Crippen LogP contribution in [0.2, 0.25) is 0 Å². The lowest BCUT2D eigenvalue weighted by Crippen LogP contribution is -2.81. The summed E-state index contributed by atoms with van der Waals surface area (Å²) in [4.78, 5) is 69.7. The average molecular weight is 828 g/mol. The Balaban J connectivity index is 1.35. The van der Waals surface area contributed by atoms with Gasteiger partial charge in [-0.05, 0) is 54.8 Å². The molecule has 11 atom stereocenters. The minimum atomic E-state index is -2.39. The van der Waals surface area contributed by atoms with Crippen LogP contribution in [0.25, 0.3) is 0 Å². The van der Waals surface area contributed by atoms with E-state index in [2.05, 4.69) is 5.32 Å². The lowest BCUT2D eigenvalue weighted by molar-refractivity contribution is -0.344. The highest BCUT2D eigenvalue weighted by molar-refractivity contribution is 5.95. The highest BCUT2D eigenvalue weighted by atomic mass is 16.8. The SMILES string of the molecule is COC(=O)OC12COC1CC(O)C1(C)C(=O)C(O)C3=C(C)C(OC(=O)C(O)C(NC(=O)c4ccccc4)c4ccccc4)CC(O)(C(OC(=O)c4ccccc4)C21)C3(C)C. The fraction of sp³-hybridized carbons (Fsp3) is 0.444. The summed E-state index contributed by atoms with van der Waals surface area (Å²) >= 11 is 0. The molecule has 3 aromatic carbocycles. The Morgan fingerprint density at radius 1 is 0.867 bits per heavy atom. The topological polar surface area (TPSA) is 224 Å². The summed E-state index contributed by atoms with van der Waals surface area (Å²) in [6.07, 6.45) is -12.0. The molecule has 0 spiro atoms. The Labute approximate surface area is 346 Å². The molecule has 11 unspecified atom stereocenters. The first-order valence-corrected chi connectivity index (χ1v) is 19.7. The van der Waals surface area contributed by atoms with Gasteiger partial charge in [0.25, 0.3) is 5.91 Å². The maximum Gasteiger partial charge on any atom is 0.508 e. The minimum Gasteiger partial charge on any atom is -0.456 e. The second-order valence-corrected chi connectivity index (χ2v) is 16.7. The number of ketones is 1. The van der Waals surface area contributed by atoms with Gasteiger partial charge in [0, 0.05) is 23.8 Å². The quantitative estimate of drug-likeness (QED) is 0.119. The van der Waals surface area contributed by atoms with Crippen LogP contribution >= 0.6 is 0 Å². The molecule has 318 valence electrons. The Morgan fingerprint density at radius 2 is 1.45 bits per heavy atom. The number of hydrogen-bond acceptors (Lipinski definition) is 14. The molecule has 15 heteroatoms. The first-order chi connectivity index (χ1) is 28.4. The standard InChI is InChI=1S/C45H49NO14/c1-24-28(58-40(53)34(49)32(25-15-9-6-10-16-25)46-38(51)26-17-11-7-12-18-26)22-45(55)37(59-39(52)27-19-13-8-14-20-27)35-43(4,36(50)33(48)31(24)42(45,2)3)29(47)21-30-44(35,23-57-30)60-41(54)56-5/h6-20,28-30,32-35,37,47-49,55H,21-23H2,1-5H3,(H,46,51). The highest BCUT2D eigenvalue weighted by Gasteiger charge is 2.78. The van der Waals surface area contributed by atoms with E-state index in [4.69, 9.17) is 23.7 Å². The van der Waals surface area contributed by atoms with Crippen LogP contribution in [0.4, 0.5) is 4.79 Å². The van der Waals surface area contributed by atoms with Gasteiger partial charge in [-0.25, -0.2) is 14.4 Å². The number of fused-ring (bicyclic) bond motifs is 5. The maximum atomic E-state index is 15.0. The molecule has 1 amide bonds. The van der Waals surface area contributed by atoms with Gasteiger partial charge in [0.1, 0.15) is 30.0 Å². The van der Waals surface area contributed by atoms with Crippen molar-refractivity contribution in [2.24, 2.45) is 16.7 Å². The molecular weight excluding hydrogens is 778 g/mol. The first-order valence-electron chi connectivity index (χ1n) is 19.7. The molecule has 3 fully saturated rings. The van der Waals surface area contributed by atoms with Gasteiger partial charge in [-0.3, -0.25) is 9.59 Å². The summed E-state index contributed by atoms with van der Waals surface area (Å²) in [5.41, 5.74) is -7.19. The van der Waals surface area contributed by atoms with Crippen molar-refractivity contribution in [1.82, 2.24) is 5.32 Å². The molecule has 15 nitrogen and oxygen atoms in total. The second-order valence-electron chi connectivity index (χ2n) is 16.7. The molecule has 1 saturated heterocycles. The number of amides is 1. The molecule has 60 heavy (non-hydrogen) atoms. The molecule has 0 aromatic heterocycles. The molecule has 4 aliphatic rings. The van der Waals surface area contributed by atoms with Gasteiger partial charge in [0.2, 0.25) is 0 Å². The van der Waals surface area contributed by atoms with E-state index >= 15 is 4.79 Å². The van der Waals surface area contributed by atoms with Crippen molar-refractivity contribution in [1.29, 1.82) is 0 Å². The number of benzene rings is 3. The van der Waals surface area contributed by atoms with Crippen LogP contribution in [-0.2, 0) is 33.3 Å². The number of esters is 2. The smallest absolute Gasteiger partial charge is 0.456 e. The fourth-order valence-electron chi connectivity index (χ4n) is 9.87. The summed E-state index contributed by atoms with van der Waals surface area (Å²) in [7, 11) is 1.07. The summed E-state index contributed by atoms with van der Waals surface area (Å²) < 4.78 is 29.0. The third kappa shape index (κ3) is 6.78. The van der Waals surface area contributed by atoms with Gasteiger partial charge in [-0.2, -0.15) is 0 Å². The number of aliphatic hydroxyl groups is 4. The number of Topliss-reactive ketones (excluding diaryl/α,β-unsaturated/α-hetero) is 1. The number of carbonyl (C=O) groups excluding carboxylic acids is 5. The maximum absolute atomic E-state index is 15.0. The van der Waals surface area contributed by atoms with E-state index in [1.807, 2.05) is 0 Å². The van der Waals surface area contributed by atoms with E-state index in [0.717, 1.165) is 7.11 Å². The Morgan fingerprint density at radius 3 is 2.02 bits per heavy atom. The molecule has 2 saturated carbocycles. The molecule has 1 aliphatic heterocycles. The lowest BCUT2D eigenvalue weighted by atomic mass is 9.44. The van der Waals surface area contributed by atoms with Crippen molar-refractivity contribution < 1.29 is 68.1 Å². The largest absolute Gasteiger partial charge is 0.508 e. The molecule has 3 aliphatic carbocycles. The molecule has 1 heterocycles. The zero-order valence-corrected chi connectivity index (χ0v) is 33.8. The average Bonchev–Trinajstić information content (AvgIpc) is 3.24. The first kappa shape index (κ1) is 42.7. The predicted octanol–water partition coefficient (Wildman–Crippen LogP) is 3.38. The van der Waals surface area contributed by atoms with Crippen molar-refractivity contribution in [2.45, 2.75) is 94.4 Å². The summed E-state index contributed by atoms with van der Waals surface area (Å²) in [5, 5.41) is 52.0. The van der Waals surface area contributed by atoms with Crippen LogP contribution in [0.3, 0.4) is 0 Å². The second kappa shape index (κ2) is 15.9. The molecule has 5 N–H and O–H groups in total. The monoisotopic (exact) mass is 827 g/mol.